The molecule has 0 spiro atoms. The average Bonchev–Trinajstić information content (AvgIpc) is 3.25. The Bertz CT molecular complexity index is 856. The number of hydrogen-bond acceptors (Lipinski definition) is 7. The molecule has 2 saturated heterocycles. The number of piperidine rings is 1. The van der Waals surface area contributed by atoms with Gasteiger partial charge in [0.25, 0.3) is 11.8 Å². The molecule has 0 aliphatic carbocycles. The molecule has 9 nitrogen and oxygen atoms in total. The Balaban J connectivity index is 1.43. The van der Waals surface area contributed by atoms with Crippen LogP contribution in [0.15, 0.2) is 22.9 Å². The van der Waals surface area contributed by atoms with Crippen molar-refractivity contribution >= 4 is 17.8 Å². The van der Waals surface area contributed by atoms with Gasteiger partial charge in [-0.2, -0.15) is 4.98 Å². The second-order valence-electron chi connectivity index (χ2n) is 7.05. The van der Waals surface area contributed by atoms with E-state index < -0.39 is 11.6 Å². The summed E-state index contributed by atoms with van der Waals surface area (Å²) in [4.78, 5) is 34.9. The number of urea groups is 1. The van der Waals surface area contributed by atoms with Crippen molar-refractivity contribution in [1.29, 1.82) is 0 Å². The molecule has 0 radical (unpaired) electrons. The fourth-order valence-electron chi connectivity index (χ4n) is 4.05. The highest BCUT2D eigenvalue weighted by atomic mass is 16.5. The molecular formula is C18H22N6O3. The van der Waals surface area contributed by atoms with Gasteiger partial charge in [0.05, 0.1) is 5.56 Å². The molecule has 0 bridgehead atoms. The average molecular weight is 370 g/mol. The Labute approximate surface area is 156 Å². The molecule has 2 N–H and O–H groups in total. The van der Waals surface area contributed by atoms with Gasteiger partial charge >= 0.3 is 6.03 Å². The third-order valence-corrected chi connectivity index (χ3v) is 5.56. The Kier molecular flexibility index (Phi) is 4.29. The maximum absolute atomic E-state index is 12.3. The molecule has 27 heavy (non-hydrogen) atoms. The van der Waals surface area contributed by atoms with Gasteiger partial charge in [0.1, 0.15) is 11.4 Å². The van der Waals surface area contributed by atoms with Gasteiger partial charge in [0.2, 0.25) is 0 Å². The van der Waals surface area contributed by atoms with E-state index in [0.717, 1.165) is 37.3 Å². The first-order chi connectivity index (χ1) is 13.0. The summed E-state index contributed by atoms with van der Waals surface area (Å²) in [5, 5.41) is 9.04. The van der Waals surface area contributed by atoms with E-state index in [0.29, 0.717) is 18.1 Å². The summed E-state index contributed by atoms with van der Waals surface area (Å²) in [6, 6.07) is 3.46. The summed E-state index contributed by atoms with van der Waals surface area (Å²) in [7, 11) is 0. The minimum absolute atomic E-state index is 0.117. The smallest absolute Gasteiger partial charge is 0.322 e. The van der Waals surface area contributed by atoms with Gasteiger partial charge in [-0.1, -0.05) is 12.1 Å². The second kappa shape index (κ2) is 6.64. The van der Waals surface area contributed by atoms with Crippen molar-refractivity contribution in [2.24, 2.45) is 5.92 Å². The molecule has 2 aliphatic rings. The Morgan fingerprint density at radius 2 is 2.07 bits per heavy atom. The van der Waals surface area contributed by atoms with Crippen molar-refractivity contribution in [2.45, 2.75) is 38.6 Å². The number of aromatic nitrogens is 3. The minimum Gasteiger partial charge on any atom is -0.357 e. The van der Waals surface area contributed by atoms with Crippen LogP contribution in [0.5, 0.6) is 0 Å². The molecule has 0 aromatic carbocycles. The number of carbonyl (C=O) groups excluding carboxylic acids is 2. The predicted octanol–water partition coefficient (Wildman–Crippen LogP) is 1.64. The number of aryl methyl sites for hydroxylation is 1. The first-order valence-electron chi connectivity index (χ1n) is 9.17. The standard InChI is InChI=1S/C18H22N6O3/c1-3-18(16(25)21-17(26)22-18)13-6-8-24(9-7-13)14-5-4-12(10-19-14)15-20-11(2)23-27-15/h4-5,10,13H,3,6-9H2,1-2H3,(H2,21,22,25,26)/t18-/m1/s1. The van der Waals surface area contributed by atoms with E-state index in [-0.39, 0.29) is 11.8 Å². The molecule has 9 heteroatoms. The van der Waals surface area contributed by atoms with Crippen LogP contribution in [0.3, 0.4) is 0 Å². The maximum atomic E-state index is 12.3. The molecule has 0 saturated carbocycles. The molecule has 2 aromatic rings. The van der Waals surface area contributed by atoms with E-state index in [1.807, 2.05) is 19.1 Å². The normalized spacial score (nSPS) is 23.4. The van der Waals surface area contributed by atoms with Crippen LogP contribution in [-0.4, -0.2) is 45.7 Å². The van der Waals surface area contributed by atoms with E-state index in [1.165, 1.54) is 0 Å². The summed E-state index contributed by atoms with van der Waals surface area (Å²) in [6.45, 7) is 5.27. The summed E-state index contributed by atoms with van der Waals surface area (Å²) in [6.07, 6.45) is 3.94. The lowest BCUT2D eigenvalue weighted by Crippen LogP contribution is -2.55. The van der Waals surface area contributed by atoms with Crippen LogP contribution in [0.4, 0.5) is 10.6 Å². The lowest BCUT2D eigenvalue weighted by atomic mass is 9.76. The van der Waals surface area contributed by atoms with Crippen LogP contribution in [0, 0.1) is 12.8 Å². The van der Waals surface area contributed by atoms with Crippen molar-refractivity contribution in [3.63, 3.8) is 0 Å². The van der Waals surface area contributed by atoms with Gasteiger partial charge in [0, 0.05) is 19.3 Å². The summed E-state index contributed by atoms with van der Waals surface area (Å²) >= 11 is 0. The quantitative estimate of drug-likeness (QED) is 0.787. The predicted molar refractivity (Wildman–Crippen MR) is 96.9 cm³/mol. The largest absolute Gasteiger partial charge is 0.357 e. The molecule has 4 heterocycles. The highest BCUT2D eigenvalue weighted by Crippen LogP contribution is 2.34. The molecule has 2 aliphatic heterocycles. The van der Waals surface area contributed by atoms with Gasteiger partial charge in [-0.25, -0.2) is 9.78 Å². The third-order valence-electron chi connectivity index (χ3n) is 5.56. The first kappa shape index (κ1) is 17.4. The molecule has 1 atom stereocenters. The van der Waals surface area contributed by atoms with Crippen LogP contribution >= 0.6 is 0 Å². The highest BCUT2D eigenvalue weighted by molar-refractivity contribution is 6.07. The van der Waals surface area contributed by atoms with Crippen LogP contribution in [0.2, 0.25) is 0 Å². The zero-order valence-corrected chi connectivity index (χ0v) is 15.4. The van der Waals surface area contributed by atoms with Crippen LogP contribution in [-0.2, 0) is 4.79 Å². The van der Waals surface area contributed by atoms with Crippen molar-refractivity contribution in [3.05, 3.63) is 24.2 Å². The van der Waals surface area contributed by atoms with Crippen LogP contribution in [0.25, 0.3) is 11.5 Å². The number of nitrogens with one attached hydrogen (secondary N) is 2. The van der Waals surface area contributed by atoms with E-state index >= 15 is 0 Å². The van der Waals surface area contributed by atoms with Crippen molar-refractivity contribution in [3.8, 4) is 11.5 Å². The monoisotopic (exact) mass is 370 g/mol. The zero-order valence-electron chi connectivity index (χ0n) is 15.4. The number of rotatable bonds is 4. The van der Waals surface area contributed by atoms with E-state index in [2.05, 4.69) is 30.7 Å². The van der Waals surface area contributed by atoms with Gasteiger partial charge in [-0.15, -0.1) is 0 Å². The van der Waals surface area contributed by atoms with Crippen molar-refractivity contribution in [2.75, 3.05) is 18.0 Å². The first-order valence-corrected chi connectivity index (χ1v) is 9.17. The van der Waals surface area contributed by atoms with Crippen LogP contribution in [0.1, 0.15) is 32.0 Å². The number of carbonyl (C=O) groups is 2. The fraction of sp³-hybridized carbons (Fsp3) is 0.500. The minimum atomic E-state index is -0.781. The highest BCUT2D eigenvalue weighted by Gasteiger charge is 2.50. The number of nitrogens with zero attached hydrogens (tertiary/aromatic N) is 4. The lowest BCUT2D eigenvalue weighted by Gasteiger charge is -2.40. The third kappa shape index (κ3) is 3.02. The number of hydrogen-bond donors (Lipinski definition) is 2. The van der Waals surface area contributed by atoms with Crippen molar-refractivity contribution < 1.29 is 14.1 Å². The van der Waals surface area contributed by atoms with E-state index in [4.69, 9.17) is 4.52 Å². The van der Waals surface area contributed by atoms with E-state index in [1.54, 1.807) is 13.1 Å². The number of imide groups is 1. The molecule has 4 rings (SSSR count). The maximum Gasteiger partial charge on any atom is 0.322 e. The van der Waals surface area contributed by atoms with E-state index in [9.17, 15) is 9.59 Å². The van der Waals surface area contributed by atoms with Crippen LogP contribution < -0.4 is 15.5 Å². The van der Waals surface area contributed by atoms with Gasteiger partial charge in [-0.05, 0) is 44.2 Å². The molecular weight excluding hydrogens is 348 g/mol. The molecule has 2 aromatic heterocycles. The van der Waals surface area contributed by atoms with Crippen molar-refractivity contribution in [1.82, 2.24) is 25.8 Å². The second-order valence-corrected chi connectivity index (χ2v) is 7.05. The zero-order chi connectivity index (χ0) is 19.0. The fourth-order valence-corrected chi connectivity index (χ4v) is 4.05. The number of pyridine rings is 1. The SMILES string of the molecule is CC[C@]1(C2CCN(c3ccc(-c4nc(C)no4)cn3)CC2)NC(=O)NC1=O. The van der Waals surface area contributed by atoms with Gasteiger partial charge < -0.3 is 14.7 Å². The topological polar surface area (TPSA) is 113 Å². The van der Waals surface area contributed by atoms with Gasteiger partial charge in [0.15, 0.2) is 5.82 Å². The molecule has 2 fully saturated rings. The number of anilines is 1. The van der Waals surface area contributed by atoms with Gasteiger partial charge in [-0.3, -0.25) is 10.1 Å². The molecule has 0 unspecified atom stereocenters. The Morgan fingerprint density at radius 1 is 1.30 bits per heavy atom. The lowest BCUT2D eigenvalue weighted by molar-refractivity contribution is -0.126. The molecule has 3 amide bonds. The Hall–Kier alpha value is -2.97. The summed E-state index contributed by atoms with van der Waals surface area (Å²) in [5.41, 5.74) is 0.000482. The Morgan fingerprint density at radius 3 is 2.59 bits per heavy atom. The summed E-state index contributed by atoms with van der Waals surface area (Å²) < 4.78 is 5.16. The summed E-state index contributed by atoms with van der Waals surface area (Å²) in [5.74, 6) is 1.83. The number of amides is 3. The molecule has 142 valence electrons.